The highest BCUT2D eigenvalue weighted by Crippen LogP contribution is 2.16. The fourth-order valence-corrected chi connectivity index (χ4v) is 1.92. The van der Waals surface area contributed by atoms with E-state index in [1.54, 1.807) is 0 Å². The molecule has 0 bridgehead atoms. The van der Waals surface area contributed by atoms with Crippen LogP contribution in [-0.4, -0.2) is 47.2 Å². The predicted molar refractivity (Wildman–Crippen MR) is 60.0 cm³/mol. The molecule has 0 aromatic rings. The van der Waals surface area contributed by atoms with Crippen LogP contribution in [0.3, 0.4) is 0 Å². The molecule has 0 saturated carbocycles. The molecule has 0 radical (unpaired) electrons. The molecule has 0 aromatic heterocycles. The van der Waals surface area contributed by atoms with Crippen molar-refractivity contribution in [2.24, 2.45) is 0 Å². The van der Waals surface area contributed by atoms with Crippen LogP contribution in [0.5, 0.6) is 0 Å². The number of rotatable bonds is 4. The summed E-state index contributed by atoms with van der Waals surface area (Å²) in [5.41, 5.74) is -0.0807. The molecule has 1 atom stereocenters. The second-order valence-corrected chi connectivity index (χ2v) is 5.24. The molecule has 1 saturated heterocycles. The number of hydrogen-bond acceptors (Lipinski definition) is 3. The monoisotopic (exact) mass is 214 g/mol. The average molecular weight is 214 g/mol. The number of nitrogens with one attached hydrogen (secondary N) is 1. The van der Waals surface area contributed by atoms with E-state index in [9.17, 15) is 4.79 Å². The molecule has 1 heterocycles. The first-order valence-corrected chi connectivity index (χ1v) is 5.60. The summed E-state index contributed by atoms with van der Waals surface area (Å²) in [6.07, 6.45) is 2.36. The SMILES string of the molecule is CC(C)(C)N(CC(=O)O)C[C@@H]1CCCN1. The topological polar surface area (TPSA) is 52.6 Å². The van der Waals surface area contributed by atoms with Gasteiger partial charge >= 0.3 is 5.97 Å². The van der Waals surface area contributed by atoms with Crippen LogP contribution in [0.25, 0.3) is 0 Å². The highest BCUT2D eigenvalue weighted by atomic mass is 16.4. The van der Waals surface area contributed by atoms with Crippen molar-refractivity contribution < 1.29 is 9.90 Å². The van der Waals surface area contributed by atoms with Gasteiger partial charge in [-0.15, -0.1) is 0 Å². The normalized spacial score (nSPS) is 22.3. The zero-order valence-electron chi connectivity index (χ0n) is 9.92. The van der Waals surface area contributed by atoms with Crippen molar-refractivity contribution in [2.75, 3.05) is 19.6 Å². The third-order valence-corrected chi connectivity index (χ3v) is 2.88. The van der Waals surface area contributed by atoms with E-state index >= 15 is 0 Å². The molecule has 2 N–H and O–H groups in total. The van der Waals surface area contributed by atoms with Gasteiger partial charge in [-0.1, -0.05) is 0 Å². The lowest BCUT2D eigenvalue weighted by Crippen LogP contribution is -2.49. The van der Waals surface area contributed by atoms with E-state index in [1.807, 2.05) is 4.90 Å². The summed E-state index contributed by atoms with van der Waals surface area (Å²) in [5.74, 6) is -0.747. The van der Waals surface area contributed by atoms with Crippen molar-refractivity contribution in [2.45, 2.75) is 45.2 Å². The molecule has 1 fully saturated rings. The lowest BCUT2D eigenvalue weighted by Gasteiger charge is -2.36. The van der Waals surface area contributed by atoms with Gasteiger partial charge in [-0.25, -0.2) is 0 Å². The van der Waals surface area contributed by atoms with Crippen molar-refractivity contribution in [1.29, 1.82) is 0 Å². The Morgan fingerprint density at radius 1 is 1.53 bits per heavy atom. The van der Waals surface area contributed by atoms with E-state index < -0.39 is 5.97 Å². The van der Waals surface area contributed by atoms with Gasteiger partial charge in [0.05, 0.1) is 6.54 Å². The van der Waals surface area contributed by atoms with Crippen molar-refractivity contribution in [3.05, 3.63) is 0 Å². The summed E-state index contributed by atoms with van der Waals surface area (Å²) in [6, 6.07) is 0.462. The summed E-state index contributed by atoms with van der Waals surface area (Å²) < 4.78 is 0. The van der Waals surface area contributed by atoms with Gasteiger partial charge in [-0.3, -0.25) is 9.69 Å². The maximum absolute atomic E-state index is 10.8. The first kappa shape index (κ1) is 12.5. The van der Waals surface area contributed by atoms with E-state index in [2.05, 4.69) is 26.1 Å². The third kappa shape index (κ3) is 4.18. The Kier molecular flexibility index (Phi) is 4.11. The first-order chi connectivity index (χ1) is 6.89. The van der Waals surface area contributed by atoms with Gasteiger partial charge in [0.2, 0.25) is 0 Å². The van der Waals surface area contributed by atoms with E-state index in [0.717, 1.165) is 19.5 Å². The van der Waals surface area contributed by atoms with Crippen molar-refractivity contribution in [3.63, 3.8) is 0 Å². The van der Waals surface area contributed by atoms with Gasteiger partial charge in [0.25, 0.3) is 0 Å². The number of carbonyl (C=O) groups is 1. The number of carboxylic acids is 1. The van der Waals surface area contributed by atoms with E-state index in [-0.39, 0.29) is 12.1 Å². The molecule has 4 heteroatoms. The molecule has 0 unspecified atom stereocenters. The standard InChI is InChI=1S/C11H22N2O2/c1-11(2,3)13(8-10(14)15)7-9-5-4-6-12-9/h9,12H,4-8H2,1-3H3,(H,14,15)/t9-/m0/s1. The number of aliphatic carboxylic acids is 1. The summed E-state index contributed by atoms with van der Waals surface area (Å²) in [5, 5.41) is 12.3. The average Bonchev–Trinajstić information content (AvgIpc) is 2.53. The molecule has 4 nitrogen and oxygen atoms in total. The van der Waals surface area contributed by atoms with E-state index in [4.69, 9.17) is 5.11 Å². The minimum atomic E-state index is -0.747. The summed E-state index contributed by atoms with van der Waals surface area (Å²) >= 11 is 0. The van der Waals surface area contributed by atoms with Crippen LogP contribution < -0.4 is 5.32 Å². The molecule has 0 aromatic carbocycles. The fourth-order valence-electron chi connectivity index (χ4n) is 1.92. The predicted octanol–water partition coefficient (Wildman–Crippen LogP) is 0.923. The maximum Gasteiger partial charge on any atom is 0.317 e. The molecule has 1 rings (SSSR count). The van der Waals surface area contributed by atoms with Gasteiger partial charge in [0.1, 0.15) is 0 Å². The Labute approximate surface area is 91.6 Å². The minimum absolute atomic E-state index is 0.0807. The van der Waals surface area contributed by atoms with Crippen LogP contribution in [0, 0.1) is 0 Å². The van der Waals surface area contributed by atoms with Gasteiger partial charge in [0.15, 0.2) is 0 Å². The molecule has 88 valence electrons. The van der Waals surface area contributed by atoms with Gasteiger partial charge < -0.3 is 10.4 Å². The minimum Gasteiger partial charge on any atom is -0.480 e. The Hall–Kier alpha value is -0.610. The molecular weight excluding hydrogens is 192 g/mol. The third-order valence-electron chi connectivity index (χ3n) is 2.88. The summed E-state index contributed by atoms with van der Waals surface area (Å²) in [7, 11) is 0. The highest BCUT2D eigenvalue weighted by molar-refractivity contribution is 5.69. The molecular formula is C11H22N2O2. The lowest BCUT2D eigenvalue weighted by atomic mass is 10.0. The van der Waals surface area contributed by atoms with Gasteiger partial charge in [-0.05, 0) is 40.2 Å². The first-order valence-electron chi connectivity index (χ1n) is 5.60. The highest BCUT2D eigenvalue weighted by Gasteiger charge is 2.27. The van der Waals surface area contributed by atoms with Crippen LogP contribution in [0.2, 0.25) is 0 Å². The Morgan fingerprint density at radius 2 is 2.20 bits per heavy atom. The van der Waals surface area contributed by atoms with Crippen molar-refractivity contribution in [3.8, 4) is 0 Å². The van der Waals surface area contributed by atoms with Crippen LogP contribution >= 0.6 is 0 Å². The lowest BCUT2D eigenvalue weighted by molar-refractivity contribution is -0.139. The maximum atomic E-state index is 10.8. The van der Waals surface area contributed by atoms with Crippen LogP contribution in [-0.2, 0) is 4.79 Å². The van der Waals surface area contributed by atoms with E-state index in [1.165, 1.54) is 6.42 Å². The Balaban J connectivity index is 2.51. The van der Waals surface area contributed by atoms with Crippen LogP contribution in [0.1, 0.15) is 33.6 Å². The summed E-state index contributed by atoms with van der Waals surface area (Å²) in [6.45, 7) is 8.20. The molecule has 1 aliphatic heterocycles. The zero-order chi connectivity index (χ0) is 11.5. The van der Waals surface area contributed by atoms with Crippen LogP contribution in [0.4, 0.5) is 0 Å². The van der Waals surface area contributed by atoms with E-state index in [0.29, 0.717) is 6.04 Å². The Bertz CT molecular complexity index is 217. The van der Waals surface area contributed by atoms with Crippen molar-refractivity contribution in [1.82, 2.24) is 10.2 Å². The molecule has 15 heavy (non-hydrogen) atoms. The molecule has 1 aliphatic rings. The Morgan fingerprint density at radius 3 is 2.60 bits per heavy atom. The number of nitrogens with zero attached hydrogens (tertiary/aromatic N) is 1. The molecule has 0 spiro atoms. The summed E-state index contributed by atoms with van der Waals surface area (Å²) in [4.78, 5) is 12.8. The zero-order valence-corrected chi connectivity index (χ0v) is 9.92. The number of hydrogen-bond donors (Lipinski definition) is 2. The molecule has 0 amide bonds. The quantitative estimate of drug-likeness (QED) is 0.731. The van der Waals surface area contributed by atoms with Crippen LogP contribution in [0.15, 0.2) is 0 Å². The molecule has 0 aliphatic carbocycles. The fraction of sp³-hybridized carbons (Fsp3) is 0.909. The number of carboxylic acid groups (broad SMARTS) is 1. The largest absolute Gasteiger partial charge is 0.480 e. The second kappa shape index (κ2) is 4.94. The van der Waals surface area contributed by atoms with Gasteiger partial charge in [0, 0.05) is 18.1 Å². The second-order valence-electron chi connectivity index (χ2n) is 5.24. The van der Waals surface area contributed by atoms with Gasteiger partial charge in [-0.2, -0.15) is 0 Å². The smallest absolute Gasteiger partial charge is 0.317 e. The van der Waals surface area contributed by atoms with Crippen molar-refractivity contribution >= 4 is 5.97 Å².